The van der Waals surface area contributed by atoms with Gasteiger partial charge in [-0.2, -0.15) is 0 Å². The Morgan fingerprint density at radius 1 is 1.67 bits per heavy atom. The summed E-state index contributed by atoms with van der Waals surface area (Å²) in [5, 5.41) is 13.8. The Kier molecular flexibility index (Phi) is 3.02. The summed E-state index contributed by atoms with van der Waals surface area (Å²) in [7, 11) is 0. The van der Waals surface area contributed by atoms with Crippen LogP contribution in [0.15, 0.2) is 10.9 Å². The van der Waals surface area contributed by atoms with Crippen LogP contribution in [-0.2, 0) is 11.2 Å². The van der Waals surface area contributed by atoms with Crippen molar-refractivity contribution in [3.8, 4) is 0 Å². The molecular weight excluding hydrogens is 212 g/mol. The molecule has 0 atom stereocenters. The second kappa shape index (κ2) is 4.28. The molecule has 0 spiro atoms. The highest BCUT2D eigenvalue weighted by atomic mass is 32.1. The number of carbonyl (C=O) groups is 1. The van der Waals surface area contributed by atoms with Gasteiger partial charge in [-0.05, 0) is 12.8 Å². The molecule has 1 heterocycles. The second-order valence-electron chi connectivity index (χ2n) is 4.09. The fourth-order valence-corrected chi connectivity index (χ4v) is 1.96. The highest BCUT2D eigenvalue weighted by molar-refractivity contribution is 7.07. The standard InChI is InChI=1S/C10H14N2O2S/c13-6-10(1-2-10)5-11-9(14)3-8-4-15-7-12-8/h4,7,13H,1-3,5-6H2,(H,11,14). The zero-order chi connectivity index (χ0) is 10.7. The minimum absolute atomic E-state index is 0.0133. The molecule has 4 nitrogen and oxygen atoms in total. The third-order valence-corrected chi connectivity index (χ3v) is 3.41. The Balaban J connectivity index is 1.74. The molecule has 0 saturated heterocycles. The van der Waals surface area contributed by atoms with Gasteiger partial charge in [0, 0.05) is 17.3 Å². The lowest BCUT2D eigenvalue weighted by Gasteiger charge is -2.11. The van der Waals surface area contributed by atoms with Gasteiger partial charge < -0.3 is 10.4 Å². The lowest BCUT2D eigenvalue weighted by Crippen LogP contribution is -2.32. The molecule has 1 saturated carbocycles. The molecule has 0 aromatic carbocycles. The fourth-order valence-electron chi connectivity index (χ4n) is 1.41. The van der Waals surface area contributed by atoms with Crippen molar-refractivity contribution in [3.63, 3.8) is 0 Å². The minimum atomic E-state index is -0.0161. The van der Waals surface area contributed by atoms with Crippen LogP contribution in [0.2, 0.25) is 0 Å². The first-order valence-corrected chi connectivity index (χ1v) is 5.93. The number of nitrogens with zero attached hydrogens (tertiary/aromatic N) is 1. The number of hydrogen-bond donors (Lipinski definition) is 2. The fraction of sp³-hybridized carbons (Fsp3) is 0.600. The maximum Gasteiger partial charge on any atom is 0.226 e. The predicted octanol–water partition coefficient (Wildman–Crippen LogP) is 0.574. The Labute approximate surface area is 92.3 Å². The van der Waals surface area contributed by atoms with E-state index in [2.05, 4.69) is 10.3 Å². The van der Waals surface area contributed by atoms with Gasteiger partial charge in [-0.1, -0.05) is 0 Å². The van der Waals surface area contributed by atoms with Crippen molar-refractivity contribution in [1.29, 1.82) is 0 Å². The first kappa shape index (κ1) is 10.6. The quantitative estimate of drug-likeness (QED) is 0.771. The molecular formula is C10H14N2O2S. The van der Waals surface area contributed by atoms with Crippen LogP contribution in [0.4, 0.5) is 0 Å². The zero-order valence-electron chi connectivity index (χ0n) is 8.40. The van der Waals surface area contributed by atoms with E-state index in [4.69, 9.17) is 5.11 Å². The smallest absolute Gasteiger partial charge is 0.226 e. The molecule has 1 aromatic heterocycles. The van der Waals surface area contributed by atoms with Crippen LogP contribution in [0.3, 0.4) is 0 Å². The number of carbonyl (C=O) groups excluding carboxylic acids is 1. The van der Waals surface area contributed by atoms with E-state index in [0.29, 0.717) is 13.0 Å². The molecule has 0 aliphatic heterocycles. The van der Waals surface area contributed by atoms with Gasteiger partial charge in [-0.25, -0.2) is 4.98 Å². The Morgan fingerprint density at radius 2 is 2.47 bits per heavy atom. The van der Waals surface area contributed by atoms with Gasteiger partial charge in [-0.3, -0.25) is 4.79 Å². The summed E-state index contributed by atoms with van der Waals surface area (Å²) in [4.78, 5) is 15.5. The number of aliphatic hydroxyl groups excluding tert-OH is 1. The number of rotatable bonds is 5. The molecule has 0 bridgehead atoms. The van der Waals surface area contributed by atoms with Gasteiger partial charge in [-0.15, -0.1) is 11.3 Å². The molecule has 0 radical (unpaired) electrons. The monoisotopic (exact) mass is 226 g/mol. The molecule has 15 heavy (non-hydrogen) atoms. The first-order chi connectivity index (χ1) is 7.24. The number of nitrogens with one attached hydrogen (secondary N) is 1. The Bertz CT molecular complexity index is 333. The number of aromatic nitrogens is 1. The average molecular weight is 226 g/mol. The molecule has 1 amide bonds. The number of hydrogen-bond acceptors (Lipinski definition) is 4. The van der Waals surface area contributed by atoms with Crippen molar-refractivity contribution in [3.05, 3.63) is 16.6 Å². The van der Waals surface area contributed by atoms with Crippen molar-refractivity contribution >= 4 is 17.2 Å². The van der Waals surface area contributed by atoms with Crippen LogP contribution < -0.4 is 5.32 Å². The van der Waals surface area contributed by atoms with Gasteiger partial charge in [0.05, 0.1) is 24.2 Å². The lowest BCUT2D eigenvalue weighted by atomic mass is 10.1. The highest BCUT2D eigenvalue weighted by Gasteiger charge is 2.41. The summed E-state index contributed by atoms with van der Waals surface area (Å²) in [6, 6.07) is 0. The molecule has 1 aromatic rings. The van der Waals surface area contributed by atoms with Crippen LogP contribution in [0, 0.1) is 5.41 Å². The summed E-state index contributed by atoms with van der Waals surface area (Å²) in [6.45, 7) is 0.760. The van der Waals surface area contributed by atoms with Crippen molar-refractivity contribution in [2.75, 3.05) is 13.2 Å². The number of thiazole rings is 1. The maximum absolute atomic E-state index is 11.5. The summed E-state index contributed by atoms with van der Waals surface area (Å²) in [5.41, 5.74) is 2.52. The molecule has 0 unspecified atom stereocenters. The van der Waals surface area contributed by atoms with E-state index in [1.807, 2.05) is 5.38 Å². The van der Waals surface area contributed by atoms with Crippen LogP contribution in [0.1, 0.15) is 18.5 Å². The van der Waals surface area contributed by atoms with E-state index in [9.17, 15) is 4.79 Å². The van der Waals surface area contributed by atoms with E-state index >= 15 is 0 Å². The van der Waals surface area contributed by atoms with Crippen molar-refractivity contribution in [2.45, 2.75) is 19.3 Å². The van der Waals surface area contributed by atoms with Gasteiger partial charge in [0.1, 0.15) is 0 Å². The van der Waals surface area contributed by atoms with E-state index in [-0.39, 0.29) is 17.9 Å². The molecule has 2 rings (SSSR count). The molecule has 82 valence electrons. The number of amides is 1. The topological polar surface area (TPSA) is 62.2 Å². The van der Waals surface area contributed by atoms with Crippen LogP contribution in [0.5, 0.6) is 0 Å². The van der Waals surface area contributed by atoms with Gasteiger partial charge >= 0.3 is 0 Å². The zero-order valence-corrected chi connectivity index (χ0v) is 9.22. The van der Waals surface area contributed by atoms with Crippen molar-refractivity contribution in [2.24, 2.45) is 5.41 Å². The van der Waals surface area contributed by atoms with Gasteiger partial charge in [0.2, 0.25) is 5.91 Å². The largest absolute Gasteiger partial charge is 0.396 e. The number of aliphatic hydroxyl groups is 1. The first-order valence-electron chi connectivity index (χ1n) is 4.99. The molecule has 5 heteroatoms. The third-order valence-electron chi connectivity index (χ3n) is 2.78. The van der Waals surface area contributed by atoms with E-state index < -0.39 is 0 Å². The Hall–Kier alpha value is -0.940. The SMILES string of the molecule is O=C(Cc1cscn1)NCC1(CO)CC1. The van der Waals surface area contributed by atoms with Crippen LogP contribution >= 0.6 is 11.3 Å². The highest BCUT2D eigenvalue weighted by Crippen LogP contribution is 2.44. The van der Waals surface area contributed by atoms with Gasteiger partial charge in [0.15, 0.2) is 0 Å². The average Bonchev–Trinajstić information content (AvgIpc) is 2.86. The summed E-state index contributed by atoms with van der Waals surface area (Å²) < 4.78 is 0. The minimum Gasteiger partial charge on any atom is -0.396 e. The van der Waals surface area contributed by atoms with Gasteiger partial charge in [0.25, 0.3) is 0 Å². The van der Waals surface area contributed by atoms with E-state index in [0.717, 1.165) is 18.5 Å². The predicted molar refractivity (Wildman–Crippen MR) is 57.6 cm³/mol. The summed E-state index contributed by atoms with van der Waals surface area (Å²) in [5.74, 6) is -0.0133. The van der Waals surface area contributed by atoms with Crippen LogP contribution in [0.25, 0.3) is 0 Å². The van der Waals surface area contributed by atoms with Crippen molar-refractivity contribution in [1.82, 2.24) is 10.3 Å². The molecule has 1 aliphatic rings. The van der Waals surface area contributed by atoms with E-state index in [1.54, 1.807) is 5.51 Å². The summed E-state index contributed by atoms with van der Waals surface area (Å²) >= 11 is 1.49. The summed E-state index contributed by atoms with van der Waals surface area (Å²) in [6.07, 6.45) is 2.37. The molecule has 1 fully saturated rings. The third kappa shape index (κ3) is 2.76. The van der Waals surface area contributed by atoms with Crippen LogP contribution in [-0.4, -0.2) is 29.1 Å². The normalized spacial score (nSPS) is 17.4. The Morgan fingerprint density at radius 3 is 3.00 bits per heavy atom. The maximum atomic E-state index is 11.5. The van der Waals surface area contributed by atoms with Crippen molar-refractivity contribution < 1.29 is 9.90 Å². The molecule has 2 N–H and O–H groups in total. The van der Waals surface area contributed by atoms with E-state index in [1.165, 1.54) is 11.3 Å². The molecule has 1 aliphatic carbocycles. The second-order valence-corrected chi connectivity index (χ2v) is 4.81. The lowest BCUT2D eigenvalue weighted by molar-refractivity contribution is -0.120.